The van der Waals surface area contributed by atoms with Crippen LogP contribution in [0.2, 0.25) is 0 Å². The molecule has 4 nitrogen and oxygen atoms in total. The first-order valence-electron chi connectivity index (χ1n) is 8.93. The van der Waals surface area contributed by atoms with Gasteiger partial charge in [0.05, 0.1) is 0 Å². The van der Waals surface area contributed by atoms with Crippen LogP contribution in [-0.4, -0.2) is 38.1 Å². The minimum absolute atomic E-state index is 0.0652. The average molecular weight is 562 g/mol. The number of carbonyl (C=O) groups excluding carboxylic acids is 2. The van der Waals surface area contributed by atoms with Gasteiger partial charge in [-0.25, -0.2) is 0 Å². The van der Waals surface area contributed by atoms with Crippen LogP contribution in [0.4, 0.5) is 10.0 Å². The summed E-state index contributed by atoms with van der Waals surface area (Å²) in [6.07, 6.45) is 0. The monoisotopic (exact) mass is 564 g/mol. The van der Waals surface area contributed by atoms with Gasteiger partial charge in [0.1, 0.15) is 0 Å². The summed E-state index contributed by atoms with van der Waals surface area (Å²) in [6, 6.07) is 23.1. The molecule has 2 N–H and O–H groups in total. The topological polar surface area (TPSA) is 58.2 Å². The van der Waals surface area contributed by atoms with E-state index < -0.39 is 0 Å². The normalized spacial score (nSPS) is 10.5. The van der Waals surface area contributed by atoms with Crippen molar-refractivity contribution in [2.75, 3.05) is 10.6 Å². The van der Waals surface area contributed by atoms with Crippen LogP contribution >= 0.6 is 22.7 Å². The Morgan fingerprint density at radius 1 is 0.600 bits per heavy atom. The van der Waals surface area contributed by atoms with Gasteiger partial charge in [-0.3, -0.25) is 0 Å². The average Bonchev–Trinajstić information content (AvgIpc) is 3.47. The van der Waals surface area contributed by atoms with E-state index in [1.807, 2.05) is 83.6 Å². The van der Waals surface area contributed by atoms with Crippen LogP contribution in [0.3, 0.4) is 0 Å². The van der Waals surface area contributed by atoms with E-state index in [9.17, 15) is 9.59 Å². The molecule has 0 fully saturated rings. The Kier molecular flexibility index (Phi) is 7.18. The number of nitrogens with one attached hydrogen (secondary N) is 2. The Bertz CT molecular complexity index is 1050. The third-order valence-corrected chi connectivity index (χ3v) is 12.8. The summed E-state index contributed by atoms with van der Waals surface area (Å²) in [6.45, 7) is 0. The van der Waals surface area contributed by atoms with Crippen LogP contribution in [0.15, 0.2) is 83.6 Å². The van der Waals surface area contributed by atoms with Gasteiger partial charge in [0.25, 0.3) is 0 Å². The molecule has 4 aromatic rings. The second-order valence-corrected chi connectivity index (χ2v) is 14.1. The van der Waals surface area contributed by atoms with Crippen LogP contribution in [-0.2, 0) is 0 Å². The molecule has 0 unspecified atom stereocenters. The van der Waals surface area contributed by atoms with Crippen LogP contribution in [0.25, 0.3) is 0 Å². The Hall–Kier alpha value is -2.18. The zero-order chi connectivity index (χ0) is 20.8. The van der Waals surface area contributed by atoms with Crippen molar-refractivity contribution >= 4 is 79.7 Å². The molecular weight excluding hydrogens is 546 g/mol. The van der Waals surface area contributed by atoms with Gasteiger partial charge in [0.2, 0.25) is 0 Å². The van der Waals surface area contributed by atoms with Crippen molar-refractivity contribution in [3.05, 3.63) is 94.7 Å². The van der Waals surface area contributed by atoms with Gasteiger partial charge in [0, 0.05) is 0 Å². The van der Waals surface area contributed by atoms with Crippen molar-refractivity contribution in [3.63, 3.8) is 0 Å². The molecule has 2 aromatic carbocycles. The van der Waals surface area contributed by atoms with E-state index in [2.05, 4.69) is 10.6 Å². The maximum atomic E-state index is 12.7. The molecule has 4 rings (SSSR count). The zero-order valence-corrected chi connectivity index (χ0v) is 20.6. The predicted molar refractivity (Wildman–Crippen MR) is 128 cm³/mol. The summed E-state index contributed by atoms with van der Waals surface area (Å²) >= 11 is 3.13. The molecule has 2 amide bonds. The van der Waals surface area contributed by atoms with Crippen molar-refractivity contribution in [1.29, 1.82) is 0 Å². The van der Waals surface area contributed by atoms with Crippen LogP contribution < -0.4 is 19.6 Å². The van der Waals surface area contributed by atoms with E-state index in [4.69, 9.17) is 0 Å². The number of benzene rings is 2. The molecule has 0 aliphatic rings. The van der Waals surface area contributed by atoms with E-state index in [1.54, 1.807) is 0 Å². The number of carbonyl (C=O) groups is 2. The van der Waals surface area contributed by atoms with Gasteiger partial charge in [-0.15, -0.1) is 0 Å². The third kappa shape index (κ3) is 5.29. The van der Waals surface area contributed by atoms with Gasteiger partial charge >= 0.3 is 195 Å². The fourth-order valence-corrected chi connectivity index (χ4v) is 10.9. The number of amides is 2. The number of thiophene rings is 2. The molecule has 0 aliphatic carbocycles. The van der Waals surface area contributed by atoms with Crippen molar-refractivity contribution in [1.82, 2.24) is 0 Å². The van der Waals surface area contributed by atoms with Crippen molar-refractivity contribution < 1.29 is 9.59 Å². The van der Waals surface area contributed by atoms with Crippen LogP contribution in [0, 0.1) is 0 Å². The van der Waals surface area contributed by atoms with Gasteiger partial charge in [-0.2, -0.15) is 0 Å². The summed E-state index contributed by atoms with van der Waals surface area (Å²) in [7, 11) is 0. The molecule has 0 radical (unpaired) electrons. The summed E-state index contributed by atoms with van der Waals surface area (Å²) in [5.74, 6) is -0.177. The van der Waals surface area contributed by atoms with Crippen LogP contribution in [0.1, 0.15) is 20.7 Å². The molecule has 0 aliphatic heterocycles. The molecular formula is C22H16N2O2S2Se2. The fourth-order valence-electron chi connectivity index (χ4n) is 2.60. The number of rotatable bonds is 7. The molecule has 8 heteroatoms. The molecule has 0 saturated carbocycles. The van der Waals surface area contributed by atoms with Crippen molar-refractivity contribution in [3.8, 4) is 0 Å². The first-order chi connectivity index (χ1) is 14.7. The van der Waals surface area contributed by atoms with Gasteiger partial charge in [0.15, 0.2) is 0 Å². The molecule has 30 heavy (non-hydrogen) atoms. The molecule has 2 aromatic heterocycles. The Labute approximate surface area is 193 Å². The Morgan fingerprint density at radius 3 is 1.43 bits per heavy atom. The van der Waals surface area contributed by atoms with Gasteiger partial charge in [-0.1, -0.05) is 0 Å². The quantitative estimate of drug-likeness (QED) is 0.339. The first kappa shape index (κ1) is 21.1. The van der Waals surface area contributed by atoms with Gasteiger partial charge < -0.3 is 0 Å². The number of anilines is 2. The third-order valence-electron chi connectivity index (χ3n) is 4.00. The summed E-state index contributed by atoms with van der Waals surface area (Å²) in [5, 5.41) is 11.5. The first-order valence-corrected chi connectivity index (χ1v) is 16.7. The second-order valence-electron chi connectivity index (χ2n) is 6.02. The van der Waals surface area contributed by atoms with Crippen LogP contribution in [0.5, 0.6) is 0 Å². The molecule has 0 atom stereocenters. The standard InChI is InChI=1S/C22H16N2O2S2Se2/c25-21(23-19-11-5-13-27-19)15-7-1-3-9-17(15)29-30-18-10-4-2-8-16(18)22(26)24-20-12-6-14-28-20/h1-14H,(H,23,25)(H,24,26). The fraction of sp³-hybridized carbons (Fsp3) is 0. The van der Waals surface area contributed by atoms with E-state index in [0.29, 0.717) is 11.1 Å². The van der Waals surface area contributed by atoms with E-state index in [1.165, 1.54) is 22.7 Å². The summed E-state index contributed by atoms with van der Waals surface area (Å²) in [4.78, 5) is 25.5. The Balaban J connectivity index is 1.49. The molecule has 150 valence electrons. The minimum atomic E-state index is -0.0885. The summed E-state index contributed by atoms with van der Waals surface area (Å²) < 4.78 is 2.10. The molecule has 0 bridgehead atoms. The van der Waals surface area contributed by atoms with E-state index >= 15 is 0 Å². The molecule has 0 spiro atoms. The molecule has 0 saturated heterocycles. The van der Waals surface area contributed by atoms with E-state index in [-0.39, 0.29) is 38.1 Å². The SMILES string of the molecule is O=C(Nc1cccs1)c1ccccc1[Se][Se]c1ccccc1C(=O)Nc1cccs1. The number of hydrogen-bond donors (Lipinski definition) is 2. The second kappa shape index (κ2) is 10.2. The summed E-state index contributed by atoms with van der Waals surface area (Å²) in [5.41, 5.74) is 1.40. The van der Waals surface area contributed by atoms with E-state index in [0.717, 1.165) is 18.9 Å². The van der Waals surface area contributed by atoms with Crippen molar-refractivity contribution in [2.24, 2.45) is 0 Å². The number of hydrogen-bond acceptors (Lipinski definition) is 4. The predicted octanol–water partition coefficient (Wildman–Crippen LogP) is 3.59. The molecule has 2 heterocycles. The van der Waals surface area contributed by atoms with Crippen molar-refractivity contribution in [2.45, 2.75) is 0 Å². The Morgan fingerprint density at radius 2 is 1.03 bits per heavy atom. The van der Waals surface area contributed by atoms with Gasteiger partial charge in [-0.05, 0) is 0 Å². The zero-order valence-electron chi connectivity index (χ0n) is 15.5. The maximum absolute atomic E-state index is 12.7.